The maximum Gasteiger partial charge on any atom is 0.266 e. The van der Waals surface area contributed by atoms with E-state index in [-0.39, 0.29) is 12.5 Å². The van der Waals surface area contributed by atoms with E-state index in [2.05, 4.69) is 15.3 Å². The smallest absolute Gasteiger partial charge is 0.266 e. The number of carbonyl (C=O) groups is 1. The molecule has 5 nitrogen and oxygen atoms in total. The van der Waals surface area contributed by atoms with E-state index in [0.717, 1.165) is 11.3 Å². The van der Waals surface area contributed by atoms with Crippen LogP contribution >= 0.6 is 11.6 Å². The standard InChI is InChI=1S/C13H15ClN2O3/c1-18-10-13(17)16-15-9-11-3-5-12(6-4-11)19-8-2-7-14/h2-7,9H,8,10H2,1H3,(H,16,17)/b7-2+,15-9-. The molecule has 0 atom stereocenters. The number of ether oxygens (including phenoxy) is 2. The van der Waals surface area contributed by atoms with Crippen LogP contribution in [0.4, 0.5) is 0 Å². The quantitative estimate of drug-likeness (QED) is 0.614. The topological polar surface area (TPSA) is 59.9 Å². The number of hydrogen-bond donors (Lipinski definition) is 1. The van der Waals surface area contributed by atoms with Crippen molar-refractivity contribution in [1.82, 2.24) is 5.43 Å². The molecule has 0 radical (unpaired) electrons. The molecule has 0 aliphatic carbocycles. The number of nitrogens with one attached hydrogen (secondary N) is 1. The second kappa shape index (κ2) is 9.13. The van der Waals surface area contributed by atoms with Crippen molar-refractivity contribution < 1.29 is 14.3 Å². The molecular weight excluding hydrogens is 268 g/mol. The Morgan fingerprint density at radius 3 is 2.79 bits per heavy atom. The third-order valence-corrected chi connectivity index (χ3v) is 2.17. The van der Waals surface area contributed by atoms with Crippen LogP contribution in [0.25, 0.3) is 0 Å². The molecule has 0 saturated heterocycles. The first-order valence-electron chi connectivity index (χ1n) is 5.55. The van der Waals surface area contributed by atoms with Gasteiger partial charge in [0.15, 0.2) is 0 Å². The number of halogens is 1. The minimum atomic E-state index is -0.299. The molecule has 0 unspecified atom stereocenters. The van der Waals surface area contributed by atoms with Crippen LogP contribution in [-0.2, 0) is 9.53 Å². The highest BCUT2D eigenvalue weighted by atomic mass is 35.5. The van der Waals surface area contributed by atoms with Crippen LogP contribution in [0.5, 0.6) is 5.75 Å². The van der Waals surface area contributed by atoms with Gasteiger partial charge >= 0.3 is 0 Å². The fourth-order valence-corrected chi connectivity index (χ4v) is 1.25. The molecule has 1 aromatic rings. The number of carbonyl (C=O) groups excluding carboxylic acids is 1. The minimum absolute atomic E-state index is 0.0157. The van der Waals surface area contributed by atoms with Crippen molar-refractivity contribution in [2.75, 3.05) is 20.3 Å². The molecule has 0 aliphatic rings. The zero-order chi connectivity index (χ0) is 13.9. The summed E-state index contributed by atoms with van der Waals surface area (Å²) in [6, 6.07) is 7.26. The van der Waals surface area contributed by atoms with Crippen molar-refractivity contribution in [3.05, 3.63) is 41.4 Å². The second-order valence-corrected chi connectivity index (χ2v) is 3.72. The molecule has 1 aromatic carbocycles. The summed E-state index contributed by atoms with van der Waals surface area (Å²) in [4.78, 5) is 11.0. The molecule has 1 rings (SSSR count). The van der Waals surface area contributed by atoms with Gasteiger partial charge in [0.2, 0.25) is 0 Å². The zero-order valence-corrected chi connectivity index (χ0v) is 11.3. The van der Waals surface area contributed by atoms with Crippen molar-refractivity contribution >= 4 is 23.7 Å². The average Bonchev–Trinajstić information content (AvgIpc) is 2.41. The van der Waals surface area contributed by atoms with Crippen LogP contribution in [0.1, 0.15) is 5.56 Å². The Hall–Kier alpha value is -1.85. The highest BCUT2D eigenvalue weighted by Gasteiger charge is 1.96. The Balaban J connectivity index is 2.43. The molecule has 0 fully saturated rings. The Bertz CT molecular complexity index is 444. The predicted molar refractivity (Wildman–Crippen MR) is 74.5 cm³/mol. The molecule has 102 valence electrons. The molecule has 0 spiro atoms. The fourth-order valence-electron chi connectivity index (χ4n) is 1.17. The van der Waals surface area contributed by atoms with Crippen molar-refractivity contribution in [3.63, 3.8) is 0 Å². The van der Waals surface area contributed by atoms with E-state index in [0.29, 0.717) is 6.61 Å². The Labute approximate surface area is 116 Å². The van der Waals surface area contributed by atoms with Crippen molar-refractivity contribution in [2.24, 2.45) is 5.10 Å². The first-order chi connectivity index (χ1) is 9.26. The fraction of sp³-hybridized carbons (Fsp3) is 0.231. The van der Waals surface area contributed by atoms with E-state index in [1.54, 1.807) is 18.2 Å². The summed E-state index contributed by atoms with van der Waals surface area (Å²) < 4.78 is 10.0. The summed E-state index contributed by atoms with van der Waals surface area (Å²) in [5, 5.41) is 3.79. The SMILES string of the molecule is COCC(=O)N/N=C\c1ccc(OC/C=C/Cl)cc1. The zero-order valence-electron chi connectivity index (χ0n) is 10.5. The summed E-state index contributed by atoms with van der Waals surface area (Å²) in [7, 11) is 1.45. The van der Waals surface area contributed by atoms with Crippen LogP contribution in [0.2, 0.25) is 0 Å². The van der Waals surface area contributed by atoms with Gasteiger partial charge in [0.25, 0.3) is 5.91 Å². The van der Waals surface area contributed by atoms with Crippen molar-refractivity contribution in [3.8, 4) is 5.75 Å². The first kappa shape index (κ1) is 15.2. The second-order valence-electron chi connectivity index (χ2n) is 3.47. The average molecular weight is 283 g/mol. The van der Waals surface area contributed by atoms with Gasteiger partial charge in [0.1, 0.15) is 19.0 Å². The Kier molecular flexibility index (Phi) is 7.31. The van der Waals surface area contributed by atoms with E-state index in [1.165, 1.54) is 18.9 Å². The number of nitrogens with zero attached hydrogens (tertiary/aromatic N) is 1. The number of amides is 1. The molecule has 0 bridgehead atoms. The van der Waals surface area contributed by atoms with E-state index < -0.39 is 0 Å². The molecule has 1 amide bonds. The van der Waals surface area contributed by atoms with Crippen LogP contribution < -0.4 is 10.2 Å². The molecule has 6 heteroatoms. The summed E-state index contributed by atoms with van der Waals surface area (Å²) in [6.45, 7) is 0.405. The highest BCUT2D eigenvalue weighted by Crippen LogP contribution is 2.10. The Morgan fingerprint density at radius 2 is 2.16 bits per heavy atom. The van der Waals surface area contributed by atoms with Crippen molar-refractivity contribution in [1.29, 1.82) is 0 Å². The monoisotopic (exact) mass is 282 g/mol. The lowest BCUT2D eigenvalue weighted by atomic mass is 10.2. The normalized spacial score (nSPS) is 11.1. The molecule has 1 N–H and O–H groups in total. The maximum absolute atomic E-state index is 11.0. The molecular formula is C13H15ClN2O3. The summed E-state index contributed by atoms with van der Waals surface area (Å²) in [6.07, 6.45) is 3.23. The lowest BCUT2D eigenvalue weighted by molar-refractivity contribution is -0.124. The van der Waals surface area contributed by atoms with E-state index >= 15 is 0 Å². The third-order valence-electron chi connectivity index (χ3n) is 1.99. The van der Waals surface area contributed by atoms with Gasteiger partial charge in [0.05, 0.1) is 6.21 Å². The highest BCUT2D eigenvalue weighted by molar-refractivity contribution is 6.25. The number of hydrazone groups is 1. The predicted octanol–water partition coefficient (Wildman–Crippen LogP) is 1.91. The minimum Gasteiger partial charge on any atom is -0.490 e. The van der Waals surface area contributed by atoms with E-state index in [1.807, 2.05) is 12.1 Å². The van der Waals surface area contributed by atoms with Gasteiger partial charge < -0.3 is 9.47 Å². The van der Waals surface area contributed by atoms with E-state index in [4.69, 9.17) is 16.3 Å². The van der Waals surface area contributed by atoms with Crippen LogP contribution in [0.15, 0.2) is 41.0 Å². The molecule has 19 heavy (non-hydrogen) atoms. The molecule has 0 heterocycles. The summed E-state index contributed by atoms with van der Waals surface area (Å²) in [5.74, 6) is 0.432. The maximum atomic E-state index is 11.0. The van der Waals surface area contributed by atoms with Crippen LogP contribution in [0.3, 0.4) is 0 Å². The van der Waals surface area contributed by atoms with Gasteiger partial charge in [-0.15, -0.1) is 0 Å². The lowest BCUT2D eigenvalue weighted by Gasteiger charge is -2.02. The van der Waals surface area contributed by atoms with Gasteiger partial charge in [-0.05, 0) is 35.9 Å². The summed E-state index contributed by atoms with van der Waals surface area (Å²) >= 11 is 5.38. The molecule has 0 saturated carbocycles. The third kappa shape index (κ3) is 6.59. The van der Waals surface area contributed by atoms with Crippen molar-refractivity contribution in [2.45, 2.75) is 0 Å². The van der Waals surface area contributed by atoms with Gasteiger partial charge in [0, 0.05) is 12.6 Å². The molecule has 0 aliphatic heterocycles. The van der Waals surface area contributed by atoms with Gasteiger partial charge in [-0.25, -0.2) is 5.43 Å². The largest absolute Gasteiger partial charge is 0.490 e. The van der Waals surface area contributed by atoms with E-state index in [9.17, 15) is 4.79 Å². The number of rotatable bonds is 7. The summed E-state index contributed by atoms with van der Waals surface area (Å²) in [5.41, 5.74) is 4.59. The number of benzene rings is 1. The molecule has 0 aromatic heterocycles. The van der Waals surface area contributed by atoms with Gasteiger partial charge in [-0.2, -0.15) is 5.10 Å². The van der Waals surface area contributed by atoms with Gasteiger partial charge in [-0.1, -0.05) is 11.6 Å². The number of hydrogen-bond acceptors (Lipinski definition) is 4. The lowest BCUT2D eigenvalue weighted by Crippen LogP contribution is -2.22. The first-order valence-corrected chi connectivity index (χ1v) is 5.99. The van der Waals surface area contributed by atoms with Gasteiger partial charge in [-0.3, -0.25) is 4.79 Å². The number of methoxy groups -OCH3 is 1. The van der Waals surface area contributed by atoms with Crippen LogP contribution in [-0.4, -0.2) is 32.4 Å². The Morgan fingerprint density at radius 1 is 1.42 bits per heavy atom. The van der Waals surface area contributed by atoms with Crippen LogP contribution in [0, 0.1) is 0 Å².